The number of rotatable bonds is 1. The smallest absolute Gasteiger partial charge is 0.411 e. The van der Waals surface area contributed by atoms with Crippen LogP contribution in [0.4, 0.5) is 13.6 Å². The Hall–Kier alpha value is -1.40. The number of hydrogen-bond donors (Lipinski definition) is 0. The van der Waals surface area contributed by atoms with Crippen LogP contribution in [-0.4, -0.2) is 47.7 Å². The Bertz CT molecular complexity index is 433. The molecular formula is C13H19F2NO4. The van der Waals surface area contributed by atoms with Gasteiger partial charge in [0.2, 0.25) is 0 Å². The second-order valence-corrected chi connectivity index (χ2v) is 6.33. The van der Waals surface area contributed by atoms with Gasteiger partial charge in [-0.2, -0.15) is 0 Å². The highest BCUT2D eigenvalue weighted by molar-refractivity contribution is 5.83. The summed E-state index contributed by atoms with van der Waals surface area (Å²) in [5.41, 5.74) is -0.811. The van der Waals surface area contributed by atoms with Gasteiger partial charge >= 0.3 is 12.1 Å². The van der Waals surface area contributed by atoms with Gasteiger partial charge in [0.05, 0.1) is 13.2 Å². The van der Waals surface area contributed by atoms with E-state index in [9.17, 15) is 18.4 Å². The van der Waals surface area contributed by atoms with E-state index in [-0.39, 0.29) is 6.42 Å². The molecule has 0 N–H and O–H groups in total. The molecule has 0 aromatic heterocycles. The number of methoxy groups -OCH3 is 1. The maximum Gasteiger partial charge on any atom is 0.411 e. The third-order valence-corrected chi connectivity index (χ3v) is 3.68. The average molecular weight is 291 g/mol. The zero-order valence-corrected chi connectivity index (χ0v) is 12.0. The van der Waals surface area contributed by atoms with E-state index < -0.39 is 48.0 Å². The van der Waals surface area contributed by atoms with Crippen LogP contribution in [0.3, 0.4) is 0 Å². The molecule has 1 aliphatic heterocycles. The van der Waals surface area contributed by atoms with Crippen molar-refractivity contribution < 1.29 is 27.8 Å². The minimum atomic E-state index is -2.98. The number of nitrogens with zero attached hydrogens (tertiary/aromatic N) is 1. The molecule has 0 spiro atoms. The second-order valence-electron chi connectivity index (χ2n) is 6.33. The number of ether oxygens (including phenoxy) is 2. The topological polar surface area (TPSA) is 55.8 Å². The Morgan fingerprint density at radius 2 is 1.90 bits per heavy atom. The maximum absolute atomic E-state index is 13.8. The molecule has 0 aromatic carbocycles. The van der Waals surface area contributed by atoms with E-state index >= 15 is 0 Å². The van der Waals surface area contributed by atoms with Gasteiger partial charge in [-0.05, 0) is 33.1 Å². The first kappa shape index (κ1) is 15.0. The van der Waals surface area contributed by atoms with E-state index in [0.717, 1.165) is 4.90 Å². The predicted octanol–water partition coefficient (Wildman–Crippen LogP) is 2.19. The molecule has 5 nitrogen and oxygen atoms in total. The molecule has 2 rings (SSSR count). The molecular weight excluding hydrogens is 272 g/mol. The minimum absolute atomic E-state index is 0.103. The van der Waals surface area contributed by atoms with Crippen molar-refractivity contribution in [1.82, 2.24) is 4.90 Å². The first-order valence-corrected chi connectivity index (χ1v) is 6.54. The van der Waals surface area contributed by atoms with Gasteiger partial charge in [-0.3, -0.25) is 4.90 Å². The van der Waals surface area contributed by atoms with Gasteiger partial charge in [0.15, 0.2) is 0 Å². The standard InChI is InChI=1S/C13H19F2NO4/c1-12(2,3)20-11(18)16-8-5-7(6-13(8,14)15)9(16)10(17)19-4/h7-9H,5-6H2,1-4H3/t7-,8+,9+/m0/s1. The molecule has 114 valence electrons. The van der Waals surface area contributed by atoms with Gasteiger partial charge in [-0.1, -0.05) is 0 Å². The molecule has 3 atom stereocenters. The van der Waals surface area contributed by atoms with Crippen molar-refractivity contribution >= 4 is 12.1 Å². The van der Waals surface area contributed by atoms with Crippen LogP contribution in [0, 0.1) is 5.92 Å². The number of carbonyl (C=O) groups excluding carboxylic acids is 2. The molecule has 7 heteroatoms. The summed E-state index contributed by atoms with van der Waals surface area (Å²) < 4.78 is 37.4. The number of amides is 1. The van der Waals surface area contributed by atoms with E-state index in [2.05, 4.69) is 4.74 Å². The highest BCUT2D eigenvalue weighted by atomic mass is 19.3. The molecule has 0 aromatic rings. The number of halogens is 2. The summed E-state index contributed by atoms with van der Waals surface area (Å²) in [6.07, 6.45) is -1.18. The Labute approximate surface area is 116 Å². The van der Waals surface area contributed by atoms with Crippen LogP contribution in [0.15, 0.2) is 0 Å². The lowest BCUT2D eigenvalue weighted by Crippen LogP contribution is -2.57. The van der Waals surface area contributed by atoms with Crippen LogP contribution in [-0.2, 0) is 14.3 Å². The van der Waals surface area contributed by atoms with E-state index in [1.54, 1.807) is 20.8 Å². The van der Waals surface area contributed by atoms with Crippen molar-refractivity contribution in [3.63, 3.8) is 0 Å². The van der Waals surface area contributed by atoms with Crippen LogP contribution in [0.5, 0.6) is 0 Å². The minimum Gasteiger partial charge on any atom is -0.467 e. The number of alkyl halides is 2. The van der Waals surface area contributed by atoms with Crippen LogP contribution < -0.4 is 0 Å². The number of likely N-dealkylation sites (tertiary alicyclic amines) is 1. The Morgan fingerprint density at radius 3 is 2.40 bits per heavy atom. The summed E-state index contributed by atoms with van der Waals surface area (Å²) in [4.78, 5) is 24.8. The van der Waals surface area contributed by atoms with E-state index in [1.807, 2.05) is 0 Å². The first-order chi connectivity index (χ1) is 9.07. The summed E-state index contributed by atoms with van der Waals surface area (Å²) in [6.45, 7) is 4.93. The van der Waals surface area contributed by atoms with Crippen LogP contribution in [0.2, 0.25) is 0 Å². The SMILES string of the molecule is COC(=O)[C@H]1[C@H]2C[C@@H](N1C(=O)OC(C)(C)C)C(F)(F)C2. The highest BCUT2D eigenvalue weighted by Gasteiger charge is 2.65. The number of fused-ring (bicyclic) bond motifs is 2. The summed E-state index contributed by atoms with van der Waals surface area (Å²) in [6, 6.07) is -2.26. The average Bonchev–Trinajstić information content (AvgIpc) is 2.78. The van der Waals surface area contributed by atoms with E-state index in [4.69, 9.17) is 4.74 Å². The van der Waals surface area contributed by atoms with Crippen LogP contribution in [0.1, 0.15) is 33.6 Å². The zero-order chi connectivity index (χ0) is 15.3. The van der Waals surface area contributed by atoms with E-state index in [0.29, 0.717) is 0 Å². The third-order valence-electron chi connectivity index (χ3n) is 3.68. The first-order valence-electron chi connectivity index (χ1n) is 6.54. The van der Waals surface area contributed by atoms with Gasteiger partial charge in [-0.15, -0.1) is 0 Å². The molecule has 1 heterocycles. The fourth-order valence-electron chi connectivity index (χ4n) is 2.99. The van der Waals surface area contributed by atoms with Gasteiger partial charge in [-0.25, -0.2) is 18.4 Å². The van der Waals surface area contributed by atoms with Gasteiger partial charge < -0.3 is 9.47 Å². The maximum atomic E-state index is 13.8. The fraction of sp³-hybridized carbons (Fsp3) is 0.846. The van der Waals surface area contributed by atoms with Crippen molar-refractivity contribution in [2.75, 3.05) is 7.11 Å². The molecule has 20 heavy (non-hydrogen) atoms. The fourth-order valence-corrected chi connectivity index (χ4v) is 2.99. The van der Waals surface area contributed by atoms with Crippen molar-refractivity contribution in [1.29, 1.82) is 0 Å². The second kappa shape index (κ2) is 4.56. The van der Waals surface area contributed by atoms with E-state index in [1.165, 1.54) is 7.11 Å². The largest absolute Gasteiger partial charge is 0.467 e. The molecule has 2 aliphatic rings. The van der Waals surface area contributed by atoms with Crippen LogP contribution in [0.25, 0.3) is 0 Å². The molecule has 1 amide bonds. The van der Waals surface area contributed by atoms with Crippen molar-refractivity contribution in [2.24, 2.45) is 5.92 Å². The van der Waals surface area contributed by atoms with Crippen molar-refractivity contribution in [3.05, 3.63) is 0 Å². The summed E-state index contributed by atoms with van der Waals surface area (Å²) in [5.74, 6) is -4.22. The van der Waals surface area contributed by atoms with Crippen LogP contribution >= 0.6 is 0 Å². The summed E-state index contributed by atoms with van der Waals surface area (Å²) >= 11 is 0. The molecule has 0 radical (unpaired) electrons. The Kier molecular flexibility index (Phi) is 3.42. The Balaban J connectivity index is 2.26. The molecule has 1 saturated carbocycles. The Morgan fingerprint density at radius 1 is 1.30 bits per heavy atom. The third kappa shape index (κ3) is 2.45. The molecule has 1 saturated heterocycles. The summed E-state index contributed by atoms with van der Waals surface area (Å²) in [7, 11) is 1.18. The number of carbonyl (C=O) groups is 2. The monoisotopic (exact) mass is 291 g/mol. The number of hydrogen-bond acceptors (Lipinski definition) is 4. The highest BCUT2D eigenvalue weighted by Crippen LogP contribution is 2.51. The predicted molar refractivity (Wildman–Crippen MR) is 65.3 cm³/mol. The number of piperidine rings is 1. The lowest BCUT2D eigenvalue weighted by molar-refractivity contribution is -0.155. The number of esters is 1. The lowest BCUT2D eigenvalue weighted by Gasteiger charge is -2.38. The zero-order valence-electron chi connectivity index (χ0n) is 12.0. The van der Waals surface area contributed by atoms with Gasteiger partial charge in [0.1, 0.15) is 11.6 Å². The van der Waals surface area contributed by atoms with Gasteiger partial charge in [0.25, 0.3) is 5.92 Å². The summed E-state index contributed by atoms with van der Waals surface area (Å²) in [5, 5.41) is 0. The normalized spacial score (nSPS) is 31.3. The molecule has 0 unspecified atom stereocenters. The molecule has 2 bridgehead atoms. The quantitative estimate of drug-likeness (QED) is 0.695. The lowest BCUT2D eigenvalue weighted by atomic mass is 9.97. The molecule has 1 aliphatic carbocycles. The molecule has 2 fully saturated rings. The van der Waals surface area contributed by atoms with Crippen molar-refractivity contribution in [3.8, 4) is 0 Å². The van der Waals surface area contributed by atoms with Gasteiger partial charge in [0, 0.05) is 6.42 Å². The van der Waals surface area contributed by atoms with Crippen molar-refractivity contribution in [2.45, 2.75) is 57.2 Å².